The summed E-state index contributed by atoms with van der Waals surface area (Å²) in [4.78, 5) is 12.2. The largest absolute Gasteiger partial charge is 0.356 e. The average molecular weight is 240 g/mol. The lowest BCUT2D eigenvalue weighted by atomic mass is 9.76. The molecule has 1 saturated heterocycles. The van der Waals surface area contributed by atoms with E-state index in [1.165, 1.54) is 19.3 Å². The van der Waals surface area contributed by atoms with Crippen LogP contribution in [0.15, 0.2) is 0 Å². The lowest BCUT2D eigenvalue weighted by Gasteiger charge is -2.35. The maximum absolute atomic E-state index is 12.2. The second-order valence-electron chi connectivity index (χ2n) is 5.20. The number of carbonyl (C=O) groups is 1. The Morgan fingerprint density at radius 1 is 1.18 bits per heavy atom. The number of nitrogens with one attached hydrogen (secondary N) is 2. The first kappa shape index (κ1) is 14.5. The molecule has 3 heteroatoms. The minimum absolute atomic E-state index is 0.0873. The molecule has 0 spiro atoms. The molecule has 0 aliphatic carbocycles. The van der Waals surface area contributed by atoms with Crippen molar-refractivity contribution in [1.29, 1.82) is 0 Å². The molecule has 0 radical (unpaired) electrons. The first-order chi connectivity index (χ1) is 8.25. The SMILES string of the molecule is CCCCCCNC(=O)C1(CC)CCNCC1. The number of hydrogen-bond acceptors (Lipinski definition) is 2. The van der Waals surface area contributed by atoms with Crippen molar-refractivity contribution < 1.29 is 4.79 Å². The quantitative estimate of drug-likeness (QED) is 0.671. The molecule has 3 nitrogen and oxygen atoms in total. The fourth-order valence-electron chi connectivity index (χ4n) is 2.59. The van der Waals surface area contributed by atoms with E-state index >= 15 is 0 Å². The topological polar surface area (TPSA) is 41.1 Å². The van der Waals surface area contributed by atoms with Gasteiger partial charge >= 0.3 is 0 Å². The fraction of sp³-hybridized carbons (Fsp3) is 0.929. The van der Waals surface area contributed by atoms with Crippen molar-refractivity contribution in [3.05, 3.63) is 0 Å². The molecule has 0 atom stereocenters. The Kier molecular flexibility index (Phi) is 6.56. The fourth-order valence-corrected chi connectivity index (χ4v) is 2.59. The summed E-state index contributed by atoms with van der Waals surface area (Å²) in [6, 6.07) is 0. The van der Waals surface area contributed by atoms with Gasteiger partial charge in [-0.05, 0) is 38.8 Å². The number of hydrogen-bond donors (Lipinski definition) is 2. The van der Waals surface area contributed by atoms with E-state index in [2.05, 4.69) is 24.5 Å². The van der Waals surface area contributed by atoms with Crippen LogP contribution in [-0.4, -0.2) is 25.5 Å². The molecule has 0 aromatic rings. The van der Waals surface area contributed by atoms with Gasteiger partial charge in [0.05, 0.1) is 5.41 Å². The Morgan fingerprint density at radius 3 is 2.47 bits per heavy atom. The molecule has 1 aliphatic rings. The van der Waals surface area contributed by atoms with E-state index in [0.29, 0.717) is 0 Å². The number of unbranched alkanes of at least 4 members (excludes halogenated alkanes) is 3. The number of amides is 1. The van der Waals surface area contributed by atoms with Crippen LogP contribution >= 0.6 is 0 Å². The minimum atomic E-state index is -0.0873. The van der Waals surface area contributed by atoms with Crippen molar-refractivity contribution in [1.82, 2.24) is 10.6 Å². The number of carbonyl (C=O) groups excluding carboxylic acids is 1. The third-order valence-electron chi connectivity index (χ3n) is 4.03. The summed E-state index contributed by atoms with van der Waals surface area (Å²) in [6.45, 7) is 7.17. The molecule has 1 rings (SSSR count). The van der Waals surface area contributed by atoms with Crippen LogP contribution in [-0.2, 0) is 4.79 Å². The Labute approximate surface area is 106 Å². The van der Waals surface area contributed by atoms with Crippen molar-refractivity contribution in [3.63, 3.8) is 0 Å². The monoisotopic (exact) mass is 240 g/mol. The van der Waals surface area contributed by atoms with Crippen molar-refractivity contribution in [2.24, 2.45) is 5.41 Å². The van der Waals surface area contributed by atoms with Crippen molar-refractivity contribution in [3.8, 4) is 0 Å². The lowest BCUT2D eigenvalue weighted by Crippen LogP contribution is -2.47. The molecule has 1 amide bonds. The molecule has 1 aliphatic heterocycles. The van der Waals surface area contributed by atoms with Gasteiger partial charge < -0.3 is 10.6 Å². The molecular weight excluding hydrogens is 212 g/mol. The van der Waals surface area contributed by atoms with Crippen molar-refractivity contribution in [2.75, 3.05) is 19.6 Å². The predicted octanol–water partition coefficient (Wildman–Crippen LogP) is 2.46. The molecule has 100 valence electrons. The molecule has 2 N–H and O–H groups in total. The highest BCUT2D eigenvalue weighted by molar-refractivity contribution is 5.82. The van der Waals surface area contributed by atoms with Gasteiger partial charge in [0.2, 0.25) is 5.91 Å². The van der Waals surface area contributed by atoms with E-state index in [1.54, 1.807) is 0 Å². The normalized spacial score (nSPS) is 18.9. The Hall–Kier alpha value is -0.570. The van der Waals surface area contributed by atoms with Crippen LogP contribution < -0.4 is 10.6 Å². The van der Waals surface area contributed by atoms with Gasteiger partial charge in [-0.2, -0.15) is 0 Å². The van der Waals surface area contributed by atoms with Crippen LogP contribution in [0.1, 0.15) is 58.8 Å². The predicted molar refractivity (Wildman–Crippen MR) is 72.0 cm³/mol. The van der Waals surface area contributed by atoms with Gasteiger partial charge in [-0.1, -0.05) is 33.1 Å². The van der Waals surface area contributed by atoms with Gasteiger partial charge in [0.1, 0.15) is 0 Å². The van der Waals surface area contributed by atoms with Crippen LogP contribution in [0.25, 0.3) is 0 Å². The van der Waals surface area contributed by atoms with Gasteiger partial charge in [-0.15, -0.1) is 0 Å². The Bertz CT molecular complexity index is 222. The molecule has 1 heterocycles. The smallest absolute Gasteiger partial charge is 0.226 e. The number of rotatable bonds is 7. The zero-order chi connectivity index (χ0) is 12.6. The molecule has 0 bridgehead atoms. The van der Waals surface area contributed by atoms with Crippen LogP contribution in [0.3, 0.4) is 0 Å². The first-order valence-corrected chi connectivity index (χ1v) is 7.24. The molecule has 17 heavy (non-hydrogen) atoms. The van der Waals surface area contributed by atoms with Crippen LogP contribution in [0, 0.1) is 5.41 Å². The van der Waals surface area contributed by atoms with Gasteiger partial charge in [-0.3, -0.25) is 4.79 Å². The average Bonchev–Trinajstić information content (AvgIpc) is 2.39. The summed E-state index contributed by atoms with van der Waals surface area (Å²) >= 11 is 0. The maximum atomic E-state index is 12.2. The zero-order valence-electron chi connectivity index (χ0n) is 11.5. The summed E-state index contributed by atoms with van der Waals surface area (Å²) < 4.78 is 0. The highest BCUT2D eigenvalue weighted by atomic mass is 16.2. The minimum Gasteiger partial charge on any atom is -0.356 e. The number of piperidine rings is 1. The highest BCUT2D eigenvalue weighted by Crippen LogP contribution is 2.32. The van der Waals surface area contributed by atoms with Gasteiger partial charge in [-0.25, -0.2) is 0 Å². The van der Waals surface area contributed by atoms with Crippen molar-refractivity contribution >= 4 is 5.91 Å². The lowest BCUT2D eigenvalue weighted by molar-refractivity contribution is -0.132. The zero-order valence-corrected chi connectivity index (χ0v) is 11.5. The second kappa shape index (κ2) is 7.70. The maximum Gasteiger partial charge on any atom is 0.226 e. The Balaban J connectivity index is 2.28. The van der Waals surface area contributed by atoms with Crippen LogP contribution in [0.2, 0.25) is 0 Å². The third-order valence-corrected chi connectivity index (χ3v) is 4.03. The molecule has 1 fully saturated rings. The molecule has 0 aromatic heterocycles. The summed E-state index contributed by atoms with van der Waals surface area (Å²) in [6.07, 6.45) is 7.83. The second-order valence-corrected chi connectivity index (χ2v) is 5.20. The molecule has 0 saturated carbocycles. The van der Waals surface area contributed by atoms with Gasteiger partial charge in [0, 0.05) is 6.54 Å². The molecule has 0 unspecified atom stereocenters. The molecule has 0 aromatic carbocycles. The van der Waals surface area contributed by atoms with E-state index in [9.17, 15) is 4.79 Å². The van der Waals surface area contributed by atoms with E-state index < -0.39 is 0 Å². The van der Waals surface area contributed by atoms with E-state index in [-0.39, 0.29) is 11.3 Å². The summed E-state index contributed by atoms with van der Waals surface area (Å²) in [7, 11) is 0. The summed E-state index contributed by atoms with van der Waals surface area (Å²) in [5.41, 5.74) is -0.0873. The van der Waals surface area contributed by atoms with Crippen molar-refractivity contribution in [2.45, 2.75) is 58.8 Å². The third kappa shape index (κ3) is 4.30. The summed E-state index contributed by atoms with van der Waals surface area (Å²) in [5.74, 6) is 0.290. The van der Waals surface area contributed by atoms with E-state index in [1.807, 2.05) is 0 Å². The highest BCUT2D eigenvalue weighted by Gasteiger charge is 2.37. The van der Waals surface area contributed by atoms with E-state index in [0.717, 1.165) is 45.3 Å². The standard InChI is InChI=1S/C14H28N2O/c1-3-5-6-7-10-16-13(17)14(4-2)8-11-15-12-9-14/h15H,3-12H2,1-2H3,(H,16,17). The Morgan fingerprint density at radius 2 is 1.88 bits per heavy atom. The van der Waals surface area contributed by atoms with Crippen LogP contribution in [0.4, 0.5) is 0 Å². The van der Waals surface area contributed by atoms with Gasteiger partial charge in [0.15, 0.2) is 0 Å². The van der Waals surface area contributed by atoms with Crippen LogP contribution in [0.5, 0.6) is 0 Å². The molecular formula is C14H28N2O. The van der Waals surface area contributed by atoms with E-state index in [4.69, 9.17) is 0 Å². The van der Waals surface area contributed by atoms with Gasteiger partial charge in [0.25, 0.3) is 0 Å². The first-order valence-electron chi connectivity index (χ1n) is 7.24. The summed E-state index contributed by atoms with van der Waals surface area (Å²) in [5, 5.41) is 6.47.